The first-order chi connectivity index (χ1) is 10.1. The summed E-state index contributed by atoms with van der Waals surface area (Å²) in [5.74, 6) is 1.29. The lowest BCUT2D eigenvalue weighted by Crippen LogP contribution is -2.47. The SMILES string of the molecule is COc1ccccc1NC(=O)CCN1CC(C)CC(N)C1. The van der Waals surface area contributed by atoms with Crippen LogP contribution in [0, 0.1) is 5.92 Å². The van der Waals surface area contributed by atoms with Crippen LogP contribution in [0.25, 0.3) is 0 Å². The molecule has 3 N–H and O–H groups in total. The Morgan fingerprint density at radius 3 is 2.90 bits per heavy atom. The Morgan fingerprint density at radius 1 is 1.43 bits per heavy atom. The van der Waals surface area contributed by atoms with Crippen LogP contribution in [0.3, 0.4) is 0 Å². The highest BCUT2D eigenvalue weighted by Gasteiger charge is 2.22. The second kappa shape index (κ2) is 7.43. The number of anilines is 1. The Kier molecular flexibility index (Phi) is 5.59. The van der Waals surface area contributed by atoms with Gasteiger partial charge >= 0.3 is 0 Å². The molecule has 0 saturated carbocycles. The summed E-state index contributed by atoms with van der Waals surface area (Å²) in [7, 11) is 1.60. The van der Waals surface area contributed by atoms with Crippen molar-refractivity contribution in [2.75, 3.05) is 32.1 Å². The first kappa shape index (κ1) is 15.8. The average Bonchev–Trinajstić information content (AvgIpc) is 2.45. The Balaban J connectivity index is 1.82. The zero-order chi connectivity index (χ0) is 15.2. The minimum absolute atomic E-state index is 0.00583. The van der Waals surface area contributed by atoms with E-state index in [-0.39, 0.29) is 11.9 Å². The van der Waals surface area contributed by atoms with E-state index in [1.165, 1.54) is 0 Å². The number of hydrogen-bond donors (Lipinski definition) is 2. The number of benzene rings is 1. The zero-order valence-electron chi connectivity index (χ0n) is 12.8. The first-order valence-corrected chi connectivity index (χ1v) is 7.49. The number of nitrogens with zero attached hydrogens (tertiary/aromatic N) is 1. The van der Waals surface area contributed by atoms with Gasteiger partial charge in [0.05, 0.1) is 12.8 Å². The van der Waals surface area contributed by atoms with Gasteiger partial charge in [-0.1, -0.05) is 19.1 Å². The van der Waals surface area contributed by atoms with E-state index in [0.717, 1.165) is 26.1 Å². The van der Waals surface area contributed by atoms with Crippen molar-refractivity contribution in [2.45, 2.75) is 25.8 Å². The molecule has 2 rings (SSSR count). The first-order valence-electron chi connectivity index (χ1n) is 7.49. The van der Waals surface area contributed by atoms with E-state index in [9.17, 15) is 4.79 Å². The molecule has 0 spiro atoms. The number of carbonyl (C=O) groups is 1. The molecule has 21 heavy (non-hydrogen) atoms. The minimum atomic E-state index is 0.00583. The topological polar surface area (TPSA) is 67.6 Å². The van der Waals surface area contributed by atoms with Crippen molar-refractivity contribution in [1.82, 2.24) is 4.90 Å². The van der Waals surface area contributed by atoms with Gasteiger partial charge < -0.3 is 20.7 Å². The molecule has 2 atom stereocenters. The van der Waals surface area contributed by atoms with Crippen molar-refractivity contribution in [2.24, 2.45) is 11.7 Å². The van der Waals surface area contributed by atoms with Gasteiger partial charge in [-0.3, -0.25) is 4.79 Å². The van der Waals surface area contributed by atoms with E-state index in [2.05, 4.69) is 17.1 Å². The molecule has 0 aromatic heterocycles. The summed E-state index contributed by atoms with van der Waals surface area (Å²) in [6.45, 7) is 4.86. The summed E-state index contributed by atoms with van der Waals surface area (Å²) < 4.78 is 5.23. The molecule has 2 unspecified atom stereocenters. The highest BCUT2D eigenvalue weighted by Crippen LogP contribution is 2.23. The maximum atomic E-state index is 12.1. The van der Waals surface area contributed by atoms with E-state index in [4.69, 9.17) is 10.5 Å². The van der Waals surface area contributed by atoms with Crippen LogP contribution in [0.15, 0.2) is 24.3 Å². The van der Waals surface area contributed by atoms with Gasteiger partial charge in [0.15, 0.2) is 0 Å². The number of rotatable bonds is 5. The van der Waals surface area contributed by atoms with Crippen LogP contribution in [0.4, 0.5) is 5.69 Å². The monoisotopic (exact) mass is 291 g/mol. The normalized spacial score (nSPS) is 22.8. The molecule has 1 aliphatic heterocycles. The van der Waals surface area contributed by atoms with Gasteiger partial charge in [0.25, 0.3) is 0 Å². The molecule has 5 nitrogen and oxygen atoms in total. The summed E-state index contributed by atoms with van der Waals surface area (Å²) >= 11 is 0. The van der Waals surface area contributed by atoms with Crippen LogP contribution in [0.1, 0.15) is 19.8 Å². The molecule has 1 aromatic carbocycles. The molecule has 116 valence electrons. The second-order valence-electron chi connectivity index (χ2n) is 5.86. The smallest absolute Gasteiger partial charge is 0.225 e. The molecule has 0 radical (unpaired) electrons. The van der Waals surface area contributed by atoms with Crippen molar-refractivity contribution in [3.63, 3.8) is 0 Å². The Morgan fingerprint density at radius 2 is 2.19 bits per heavy atom. The van der Waals surface area contributed by atoms with Crippen molar-refractivity contribution < 1.29 is 9.53 Å². The molecule has 5 heteroatoms. The molecule has 1 aliphatic rings. The molecular weight excluding hydrogens is 266 g/mol. The van der Waals surface area contributed by atoms with Crippen LogP contribution in [-0.4, -0.2) is 43.6 Å². The average molecular weight is 291 g/mol. The number of amides is 1. The van der Waals surface area contributed by atoms with Gasteiger partial charge in [0, 0.05) is 32.1 Å². The number of likely N-dealkylation sites (tertiary alicyclic amines) is 1. The number of nitrogens with one attached hydrogen (secondary N) is 1. The van der Waals surface area contributed by atoms with Crippen LogP contribution in [0.2, 0.25) is 0 Å². The lowest BCUT2D eigenvalue weighted by molar-refractivity contribution is -0.116. The van der Waals surface area contributed by atoms with Crippen molar-refractivity contribution in [3.05, 3.63) is 24.3 Å². The molecule has 0 aliphatic carbocycles. The van der Waals surface area contributed by atoms with Crippen LogP contribution in [0.5, 0.6) is 5.75 Å². The van der Waals surface area contributed by atoms with Crippen LogP contribution >= 0.6 is 0 Å². The van der Waals surface area contributed by atoms with E-state index in [1.807, 2.05) is 24.3 Å². The highest BCUT2D eigenvalue weighted by molar-refractivity contribution is 5.92. The van der Waals surface area contributed by atoms with Gasteiger partial charge in [0.2, 0.25) is 5.91 Å². The highest BCUT2D eigenvalue weighted by atomic mass is 16.5. The van der Waals surface area contributed by atoms with Gasteiger partial charge in [-0.05, 0) is 24.5 Å². The number of nitrogens with two attached hydrogens (primary N) is 1. The Labute approximate surface area is 126 Å². The van der Waals surface area contributed by atoms with E-state index >= 15 is 0 Å². The van der Waals surface area contributed by atoms with Crippen molar-refractivity contribution in [1.29, 1.82) is 0 Å². The minimum Gasteiger partial charge on any atom is -0.495 e. The summed E-state index contributed by atoms with van der Waals surface area (Å²) in [5.41, 5.74) is 6.74. The maximum absolute atomic E-state index is 12.1. The molecule has 1 amide bonds. The third-order valence-electron chi connectivity index (χ3n) is 3.80. The lowest BCUT2D eigenvalue weighted by Gasteiger charge is -2.34. The zero-order valence-corrected chi connectivity index (χ0v) is 12.8. The quantitative estimate of drug-likeness (QED) is 0.866. The third kappa shape index (κ3) is 4.72. The van der Waals surface area contributed by atoms with E-state index in [0.29, 0.717) is 23.8 Å². The van der Waals surface area contributed by atoms with E-state index in [1.54, 1.807) is 7.11 Å². The fraction of sp³-hybridized carbons (Fsp3) is 0.562. The number of methoxy groups -OCH3 is 1. The van der Waals surface area contributed by atoms with Gasteiger partial charge in [-0.2, -0.15) is 0 Å². The summed E-state index contributed by atoms with van der Waals surface area (Å²) in [6.07, 6.45) is 1.54. The number of piperidine rings is 1. The number of para-hydroxylation sites is 2. The molecule has 1 aromatic rings. The molecule has 1 fully saturated rings. The molecule has 1 heterocycles. The van der Waals surface area contributed by atoms with Crippen LogP contribution < -0.4 is 15.8 Å². The van der Waals surface area contributed by atoms with E-state index < -0.39 is 0 Å². The number of hydrogen-bond acceptors (Lipinski definition) is 4. The fourth-order valence-electron chi connectivity index (χ4n) is 2.92. The third-order valence-corrected chi connectivity index (χ3v) is 3.80. The van der Waals surface area contributed by atoms with Gasteiger partial charge in [-0.15, -0.1) is 0 Å². The predicted molar refractivity (Wildman–Crippen MR) is 84.4 cm³/mol. The standard InChI is InChI=1S/C16H25N3O2/c1-12-9-13(17)11-19(10-12)8-7-16(20)18-14-5-3-4-6-15(14)21-2/h3-6,12-13H,7-11,17H2,1-2H3,(H,18,20). The maximum Gasteiger partial charge on any atom is 0.225 e. The largest absolute Gasteiger partial charge is 0.495 e. The van der Waals surface area contributed by atoms with Crippen molar-refractivity contribution in [3.8, 4) is 5.75 Å². The summed E-state index contributed by atoms with van der Waals surface area (Å²) in [6, 6.07) is 7.66. The Bertz CT molecular complexity index is 468. The van der Waals surface area contributed by atoms with Gasteiger partial charge in [0.1, 0.15) is 5.75 Å². The van der Waals surface area contributed by atoms with Gasteiger partial charge in [-0.25, -0.2) is 0 Å². The lowest BCUT2D eigenvalue weighted by atomic mass is 9.96. The molecule has 1 saturated heterocycles. The number of ether oxygens (including phenoxy) is 1. The molecular formula is C16H25N3O2. The summed E-state index contributed by atoms with van der Waals surface area (Å²) in [5, 5.41) is 2.90. The predicted octanol–water partition coefficient (Wildman–Crippen LogP) is 1.69. The second-order valence-corrected chi connectivity index (χ2v) is 5.86. The Hall–Kier alpha value is -1.59. The van der Waals surface area contributed by atoms with Crippen molar-refractivity contribution >= 4 is 11.6 Å². The summed E-state index contributed by atoms with van der Waals surface area (Å²) in [4.78, 5) is 14.3. The number of carbonyl (C=O) groups excluding carboxylic acids is 1. The van der Waals surface area contributed by atoms with Crippen LogP contribution in [-0.2, 0) is 4.79 Å². The fourth-order valence-corrected chi connectivity index (χ4v) is 2.92. The molecule has 0 bridgehead atoms.